The highest BCUT2D eigenvalue weighted by Gasteiger charge is 2.17. The Bertz CT molecular complexity index is 514. The largest absolute Gasteiger partial charge is 0.503 e. The molecule has 2 rings (SSSR count). The highest BCUT2D eigenvalue weighted by atomic mass is 16.3. The van der Waals surface area contributed by atoms with E-state index in [1.807, 2.05) is 0 Å². The van der Waals surface area contributed by atoms with Gasteiger partial charge in [0.2, 0.25) is 5.43 Å². The van der Waals surface area contributed by atoms with E-state index in [4.69, 9.17) is 0 Å². The SMILES string of the molecule is CC(C)CCn1cc(O)c(=O)cc1CN1CCC(C)CC1. The minimum atomic E-state index is -0.267. The van der Waals surface area contributed by atoms with Crippen LogP contribution in [-0.2, 0) is 13.1 Å². The van der Waals surface area contributed by atoms with Crippen LogP contribution in [-0.4, -0.2) is 27.7 Å². The molecule has 21 heavy (non-hydrogen) atoms. The first-order valence-corrected chi connectivity index (χ1v) is 8.10. The van der Waals surface area contributed by atoms with E-state index in [-0.39, 0.29) is 11.2 Å². The van der Waals surface area contributed by atoms with Crippen LogP contribution in [0, 0.1) is 11.8 Å². The molecule has 1 saturated heterocycles. The molecule has 1 aliphatic heterocycles. The van der Waals surface area contributed by atoms with E-state index in [0.29, 0.717) is 5.92 Å². The highest BCUT2D eigenvalue weighted by molar-refractivity contribution is 5.20. The van der Waals surface area contributed by atoms with E-state index in [0.717, 1.165) is 44.2 Å². The Hall–Kier alpha value is -1.29. The Morgan fingerprint density at radius 3 is 2.62 bits per heavy atom. The molecular weight excluding hydrogens is 264 g/mol. The second kappa shape index (κ2) is 7.12. The number of nitrogens with zero attached hydrogens (tertiary/aromatic N) is 2. The molecule has 0 amide bonds. The lowest BCUT2D eigenvalue weighted by molar-refractivity contribution is 0.180. The summed E-state index contributed by atoms with van der Waals surface area (Å²) in [5.41, 5.74) is 0.754. The van der Waals surface area contributed by atoms with E-state index in [1.165, 1.54) is 12.8 Å². The van der Waals surface area contributed by atoms with E-state index in [1.54, 1.807) is 12.3 Å². The van der Waals surface area contributed by atoms with Gasteiger partial charge in [-0.3, -0.25) is 9.69 Å². The first-order valence-electron chi connectivity index (χ1n) is 8.10. The molecule has 1 fully saturated rings. The number of piperidine rings is 1. The Kier molecular flexibility index (Phi) is 5.45. The molecule has 0 aliphatic carbocycles. The maximum absolute atomic E-state index is 11.7. The lowest BCUT2D eigenvalue weighted by atomic mass is 9.99. The fourth-order valence-corrected chi connectivity index (χ4v) is 2.79. The first-order chi connectivity index (χ1) is 9.95. The van der Waals surface area contributed by atoms with Crippen LogP contribution in [0.15, 0.2) is 17.1 Å². The minimum Gasteiger partial charge on any atom is -0.503 e. The van der Waals surface area contributed by atoms with Crippen LogP contribution in [0.2, 0.25) is 0 Å². The summed E-state index contributed by atoms with van der Waals surface area (Å²) in [6, 6.07) is 1.60. The van der Waals surface area contributed by atoms with Gasteiger partial charge in [-0.2, -0.15) is 0 Å². The monoisotopic (exact) mass is 292 g/mol. The zero-order chi connectivity index (χ0) is 15.4. The molecule has 0 unspecified atom stereocenters. The lowest BCUT2D eigenvalue weighted by Gasteiger charge is -2.31. The average molecular weight is 292 g/mol. The highest BCUT2D eigenvalue weighted by Crippen LogP contribution is 2.18. The maximum Gasteiger partial charge on any atom is 0.223 e. The van der Waals surface area contributed by atoms with Gasteiger partial charge in [0, 0.05) is 24.8 Å². The van der Waals surface area contributed by atoms with Crippen molar-refractivity contribution < 1.29 is 5.11 Å². The molecule has 0 atom stereocenters. The number of aryl methyl sites for hydroxylation is 1. The minimum absolute atomic E-state index is 0.144. The van der Waals surface area contributed by atoms with E-state index < -0.39 is 0 Å². The van der Waals surface area contributed by atoms with Gasteiger partial charge in [-0.25, -0.2) is 0 Å². The molecule has 0 aromatic carbocycles. The molecule has 4 nitrogen and oxygen atoms in total. The third-order valence-corrected chi connectivity index (χ3v) is 4.41. The molecule has 0 spiro atoms. The normalized spacial score (nSPS) is 17.5. The molecule has 1 aromatic heterocycles. The average Bonchev–Trinajstić information content (AvgIpc) is 2.43. The third-order valence-electron chi connectivity index (χ3n) is 4.41. The second-order valence-electron chi connectivity index (χ2n) is 6.85. The molecule has 0 bridgehead atoms. The van der Waals surface area contributed by atoms with Crippen molar-refractivity contribution in [2.45, 2.75) is 53.1 Å². The van der Waals surface area contributed by atoms with Gasteiger partial charge in [0.15, 0.2) is 5.75 Å². The first kappa shape index (κ1) is 16.1. The number of pyridine rings is 1. The summed E-state index contributed by atoms with van der Waals surface area (Å²) in [5.74, 6) is 1.27. The third kappa shape index (κ3) is 4.60. The van der Waals surface area contributed by atoms with E-state index in [2.05, 4.69) is 30.2 Å². The fraction of sp³-hybridized carbons (Fsp3) is 0.706. The van der Waals surface area contributed by atoms with Crippen LogP contribution in [0.1, 0.15) is 45.7 Å². The Balaban J connectivity index is 2.12. The van der Waals surface area contributed by atoms with Gasteiger partial charge in [0.25, 0.3) is 0 Å². The predicted octanol–water partition coefficient (Wildman–Crippen LogP) is 2.83. The van der Waals surface area contributed by atoms with Crippen molar-refractivity contribution in [3.05, 3.63) is 28.2 Å². The molecule has 0 saturated carbocycles. The van der Waals surface area contributed by atoms with Crippen LogP contribution >= 0.6 is 0 Å². The van der Waals surface area contributed by atoms with E-state index in [9.17, 15) is 9.90 Å². The van der Waals surface area contributed by atoms with Gasteiger partial charge >= 0.3 is 0 Å². The fourth-order valence-electron chi connectivity index (χ4n) is 2.79. The van der Waals surface area contributed by atoms with Crippen LogP contribution in [0.5, 0.6) is 5.75 Å². The number of likely N-dealkylation sites (tertiary alicyclic amines) is 1. The molecular formula is C17H28N2O2. The summed E-state index contributed by atoms with van der Waals surface area (Å²) >= 11 is 0. The number of hydrogen-bond acceptors (Lipinski definition) is 3. The summed E-state index contributed by atoms with van der Waals surface area (Å²) in [6.07, 6.45) is 5.11. The van der Waals surface area contributed by atoms with Gasteiger partial charge in [-0.1, -0.05) is 20.8 Å². The van der Waals surface area contributed by atoms with Crippen molar-refractivity contribution in [2.75, 3.05) is 13.1 Å². The van der Waals surface area contributed by atoms with Crippen LogP contribution in [0.4, 0.5) is 0 Å². The Morgan fingerprint density at radius 2 is 2.00 bits per heavy atom. The zero-order valence-electron chi connectivity index (χ0n) is 13.5. The molecule has 2 heterocycles. The molecule has 1 aromatic rings. The van der Waals surface area contributed by atoms with Crippen molar-refractivity contribution in [1.29, 1.82) is 0 Å². The van der Waals surface area contributed by atoms with Crippen molar-refractivity contribution in [1.82, 2.24) is 9.47 Å². The smallest absolute Gasteiger partial charge is 0.223 e. The van der Waals surface area contributed by atoms with Gasteiger partial charge < -0.3 is 9.67 Å². The van der Waals surface area contributed by atoms with Crippen molar-refractivity contribution in [2.24, 2.45) is 11.8 Å². The Labute approximate surface area is 127 Å². The van der Waals surface area contributed by atoms with Crippen LogP contribution in [0.3, 0.4) is 0 Å². The van der Waals surface area contributed by atoms with Gasteiger partial charge in [-0.15, -0.1) is 0 Å². The molecule has 1 N–H and O–H groups in total. The quantitative estimate of drug-likeness (QED) is 0.907. The Morgan fingerprint density at radius 1 is 1.33 bits per heavy atom. The molecule has 0 radical (unpaired) electrons. The second-order valence-corrected chi connectivity index (χ2v) is 6.85. The van der Waals surface area contributed by atoms with E-state index >= 15 is 0 Å². The predicted molar refractivity (Wildman–Crippen MR) is 85.5 cm³/mol. The number of hydrogen-bond donors (Lipinski definition) is 1. The summed E-state index contributed by atoms with van der Waals surface area (Å²) in [6.45, 7) is 10.5. The van der Waals surface area contributed by atoms with Crippen LogP contribution < -0.4 is 5.43 Å². The van der Waals surface area contributed by atoms with Crippen LogP contribution in [0.25, 0.3) is 0 Å². The summed E-state index contributed by atoms with van der Waals surface area (Å²) in [7, 11) is 0. The van der Waals surface area contributed by atoms with Gasteiger partial charge in [-0.05, 0) is 44.2 Å². The maximum atomic E-state index is 11.7. The summed E-state index contributed by atoms with van der Waals surface area (Å²) in [4.78, 5) is 14.2. The van der Waals surface area contributed by atoms with Gasteiger partial charge in [0.1, 0.15) is 0 Å². The summed E-state index contributed by atoms with van der Waals surface area (Å²) < 4.78 is 2.05. The lowest BCUT2D eigenvalue weighted by Crippen LogP contribution is -2.33. The number of aromatic nitrogens is 1. The topological polar surface area (TPSA) is 45.5 Å². The molecule has 118 valence electrons. The molecule has 4 heteroatoms. The van der Waals surface area contributed by atoms with Crippen molar-refractivity contribution >= 4 is 0 Å². The molecule has 1 aliphatic rings. The number of aromatic hydroxyl groups is 1. The van der Waals surface area contributed by atoms with Crippen molar-refractivity contribution in [3.8, 4) is 5.75 Å². The van der Waals surface area contributed by atoms with Crippen molar-refractivity contribution in [3.63, 3.8) is 0 Å². The number of rotatable bonds is 5. The zero-order valence-corrected chi connectivity index (χ0v) is 13.5. The standard InChI is InChI=1S/C17H28N2O2/c1-13(2)4-9-19-12-17(21)16(20)10-15(19)11-18-7-5-14(3)6-8-18/h10,12-14,21H,4-9,11H2,1-3H3. The summed E-state index contributed by atoms with van der Waals surface area (Å²) in [5, 5.41) is 9.68. The van der Waals surface area contributed by atoms with Gasteiger partial charge in [0.05, 0.1) is 6.20 Å².